The van der Waals surface area contributed by atoms with Crippen molar-refractivity contribution in [3.8, 4) is 0 Å². The van der Waals surface area contributed by atoms with Gasteiger partial charge in [-0.3, -0.25) is 4.79 Å². The van der Waals surface area contributed by atoms with Gasteiger partial charge in [0.15, 0.2) is 11.5 Å². The highest BCUT2D eigenvalue weighted by atomic mass is 16.5. The van der Waals surface area contributed by atoms with Gasteiger partial charge in [-0.25, -0.2) is 4.79 Å². The molecule has 0 N–H and O–H groups in total. The molecule has 1 aromatic carbocycles. The zero-order chi connectivity index (χ0) is 13.0. The van der Waals surface area contributed by atoms with Crippen LogP contribution in [0.3, 0.4) is 0 Å². The summed E-state index contributed by atoms with van der Waals surface area (Å²) in [7, 11) is 0. The average molecular weight is 242 g/mol. The molecule has 0 atom stereocenters. The average Bonchev–Trinajstić information content (AvgIpc) is 2.69. The van der Waals surface area contributed by atoms with Crippen LogP contribution in [0.25, 0.3) is 6.08 Å². The van der Waals surface area contributed by atoms with Gasteiger partial charge in [0.1, 0.15) is 0 Å². The minimum Gasteiger partial charge on any atom is -0.420 e. The van der Waals surface area contributed by atoms with E-state index in [0.29, 0.717) is 12.8 Å². The van der Waals surface area contributed by atoms with Crippen molar-refractivity contribution in [3.63, 3.8) is 0 Å². The quantitative estimate of drug-likeness (QED) is 0.604. The Labute approximate surface area is 106 Å². The van der Waals surface area contributed by atoms with Crippen LogP contribution in [0, 0.1) is 0 Å². The van der Waals surface area contributed by atoms with Crippen molar-refractivity contribution in [1.29, 1.82) is 0 Å². The third-order valence-electron chi connectivity index (χ3n) is 2.78. The van der Waals surface area contributed by atoms with E-state index in [1.165, 1.54) is 6.08 Å². The van der Waals surface area contributed by atoms with Gasteiger partial charge in [0.25, 0.3) is 0 Å². The Morgan fingerprint density at radius 1 is 1.22 bits per heavy atom. The fraction of sp³-hybridized carbons (Fsp3) is 0.200. The molecule has 0 aliphatic heterocycles. The Hall–Kier alpha value is -2.16. The maximum atomic E-state index is 11.6. The first-order chi connectivity index (χ1) is 8.66. The van der Waals surface area contributed by atoms with Gasteiger partial charge < -0.3 is 4.74 Å². The molecule has 3 heteroatoms. The molecule has 1 aromatic rings. The van der Waals surface area contributed by atoms with E-state index in [2.05, 4.69) is 0 Å². The number of carbonyl (C=O) groups excluding carboxylic acids is 2. The standard InChI is InChI=1S/C15H14O3/c1-11-7-9-13(16)15(11)18-14(17)10-8-12-5-3-2-4-6-12/h2-6,8,10H,7,9H2,1H3/b10-8+. The highest BCUT2D eigenvalue weighted by Gasteiger charge is 2.23. The van der Waals surface area contributed by atoms with E-state index in [1.807, 2.05) is 37.3 Å². The number of ketones is 1. The molecule has 0 radical (unpaired) electrons. The zero-order valence-electron chi connectivity index (χ0n) is 10.2. The summed E-state index contributed by atoms with van der Waals surface area (Å²) in [4.78, 5) is 23.0. The Morgan fingerprint density at radius 3 is 2.56 bits per heavy atom. The first-order valence-corrected chi connectivity index (χ1v) is 5.84. The van der Waals surface area contributed by atoms with Gasteiger partial charge >= 0.3 is 5.97 Å². The topological polar surface area (TPSA) is 43.4 Å². The van der Waals surface area contributed by atoms with Crippen LogP contribution in [0.5, 0.6) is 0 Å². The summed E-state index contributed by atoms with van der Waals surface area (Å²) >= 11 is 0. The van der Waals surface area contributed by atoms with Gasteiger partial charge in [0.2, 0.25) is 0 Å². The molecule has 2 rings (SSSR count). The van der Waals surface area contributed by atoms with E-state index >= 15 is 0 Å². The summed E-state index contributed by atoms with van der Waals surface area (Å²) in [5, 5.41) is 0. The lowest BCUT2D eigenvalue weighted by Crippen LogP contribution is -2.06. The smallest absolute Gasteiger partial charge is 0.336 e. The fourth-order valence-corrected chi connectivity index (χ4v) is 1.77. The number of rotatable bonds is 3. The van der Waals surface area contributed by atoms with Gasteiger partial charge in [-0.2, -0.15) is 0 Å². The van der Waals surface area contributed by atoms with E-state index in [0.717, 1.165) is 11.1 Å². The molecule has 0 fully saturated rings. The van der Waals surface area contributed by atoms with E-state index in [-0.39, 0.29) is 11.5 Å². The molecule has 1 aliphatic carbocycles. The third-order valence-corrected chi connectivity index (χ3v) is 2.78. The van der Waals surface area contributed by atoms with Crippen LogP contribution >= 0.6 is 0 Å². The minimum atomic E-state index is -0.511. The number of allylic oxidation sites excluding steroid dienone is 2. The molecular weight excluding hydrogens is 228 g/mol. The molecule has 0 amide bonds. The van der Waals surface area contributed by atoms with Gasteiger partial charge in [0, 0.05) is 12.5 Å². The van der Waals surface area contributed by atoms with E-state index in [4.69, 9.17) is 4.74 Å². The highest BCUT2D eigenvalue weighted by Crippen LogP contribution is 2.23. The van der Waals surface area contributed by atoms with Gasteiger partial charge in [0.05, 0.1) is 0 Å². The SMILES string of the molecule is CC1=C(OC(=O)/C=C/c2ccccc2)C(=O)CC1. The third kappa shape index (κ3) is 2.94. The first-order valence-electron chi connectivity index (χ1n) is 5.84. The lowest BCUT2D eigenvalue weighted by atomic mass is 10.2. The van der Waals surface area contributed by atoms with Crippen molar-refractivity contribution in [1.82, 2.24) is 0 Å². The van der Waals surface area contributed by atoms with E-state index in [9.17, 15) is 9.59 Å². The Kier molecular flexibility index (Phi) is 3.72. The van der Waals surface area contributed by atoms with Crippen molar-refractivity contribution in [3.05, 3.63) is 53.3 Å². The molecule has 0 heterocycles. The molecule has 0 spiro atoms. The molecule has 0 bridgehead atoms. The minimum absolute atomic E-state index is 0.0889. The van der Waals surface area contributed by atoms with Crippen molar-refractivity contribution in [2.45, 2.75) is 19.8 Å². The largest absolute Gasteiger partial charge is 0.420 e. The summed E-state index contributed by atoms with van der Waals surface area (Å²) in [6, 6.07) is 9.45. The Morgan fingerprint density at radius 2 is 1.94 bits per heavy atom. The maximum absolute atomic E-state index is 11.6. The second-order valence-corrected chi connectivity index (χ2v) is 4.20. The Bertz CT molecular complexity index is 524. The predicted molar refractivity (Wildman–Crippen MR) is 68.5 cm³/mol. The molecule has 0 saturated heterocycles. The molecule has 18 heavy (non-hydrogen) atoms. The molecule has 0 unspecified atom stereocenters. The molecular formula is C15H14O3. The lowest BCUT2D eigenvalue weighted by molar-refractivity contribution is -0.137. The molecule has 0 saturated carbocycles. The normalized spacial score (nSPS) is 15.5. The second kappa shape index (κ2) is 5.45. The molecule has 3 nitrogen and oxygen atoms in total. The number of esters is 1. The van der Waals surface area contributed by atoms with Crippen LogP contribution in [0.4, 0.5) is 0 Å². The van der Waals surface area contributed by atoms with E-state index < -0.39 is 5.97 Å². The fourth-order valence-electron chi connectivity index (χ4n) is 1.77. The number of ether oxygens (including phenoxy) is 1. The zero-order valence-corrected chi connectivity index (χ0v) is 10.2. The molecule has 1 aliphatic rings. The van der Waals surface area contributed by atoms with Crippen LogP contribution in [0.15, 0.2) is 47.7 Å². The Balaban J connectivity index is 2.00. The number of Topliss-reactive ketones (excluding diaryl/α,β-unsaturated/α-hetero) is 1. The lowest BCUT2D eigenvalue weighted by Gasteiger charge is -2.01. The van der Waals surface area contributed by atoms with Crippen LogP contribution in [0.1, 0.15) is 25.3 Å². The van der Waals surface area contributed by atoms with Crippen LogP contribution in [-0.2, 0) is 14.3 Å². The molecule has 92 valence electrons. The van der Waals surface area contributed by atoms with Crippen LogP contribution < -0.4 is 0 Å². The monoisotopic (exact) mass is 242 g/mol. The highest BCUT2D eigenvalue weighted by molar-refractivity contribution is 6.00. The van der Waals surface area contributed by atoms with Crippen molar-refractivity contribution in [2.24, 2.45) is 0 Å². The number of hydrogen-bond acceptors (Lipinski definition) is 3. The number of benzene rings is 1. The molecule has 0 aromatic heterocycles. The second-order valence-electron chi connectivity index (χ2n) is 4.20. The number of hydrogen-bond donors (Lipinski definition) is 0. The van der Waals surface area contributed by atoms with Crippen molar-refractivity contribution in [2.75, 3.05) is 0 Å². The predicted octanol–water partition coefficient (Wildman–Crippen LogP) is 2.88. The van der Waals surface area contributed by atoms with Crippen molar-refractivity contribution >= 4 is 17.8 Å². The van der Waals surface area contributed by atoms with Crippen LogP contribution in [0.2, 0.25) is 0 Å². The maximum Gasteiger partial charge on any atom is 0.336 e. The van der Waals surface area contributed by atoms with Gasteiger partial charge in [-0.1, -0.05) is 30.3 Å². The van der Waals surface area contributed by atoms with Gasteiger partial charge in [-0.05, 0) is 30.6 Å². The summed E-state index contributed by atoms with van der Waals surface area (Å²) in [6.07, 6.45) is 4.12. The van der Waals surface area contributed by atoms with Crippen molar-refractivity contribution < 1.29 is 14.3 Å². The van der Waals surface area contributed by atoms with Gasteiger partial charge in [-0.15, -0.1) is 0 Å². The summed E-state index contributed by atoms with van der Waals surface area (Å²) < 4.78 is 5.06. The summed E-state index contributed by atoms with van der Waals surface area (Å²) in [5.41, 5.74) is 1.76. The van der Waals surface area contributed by atoms with Crippen LogP contribution in [-0.4, -0.2) is 11.8 Å². The number of carbonyl (C=O) groups is 2. The summed E-state index contributed by atoms with van der Waals surface area (Å²) in [5.74, 6) is -0.380. The first kappa shape index (κ1) is 12.3. The van der Waals surface area contributed by atoms with E-state index in [1.54, 1.807) is 6.08 Å². The summed E-state index contributed by atoms with van der Waals surface area (Å²) in [6.45, 7) is 1.81.